The Balaban J connectivity index is 0.00000225. The summed E-state index contributed by atoms with van der Waals surface area (Å²) < 4.78 is 11.3. The van der Waals surface area contributed by atoms with Crippen LogP contribution in [0.4, 0.5) is 0 Å². The van der Waals surface area contributed by atoms with Crippen LogP contribution in [0.25, 0.3) is 0 Å². The largest absolute Gasteiger partial charge is 0.494 e. The summed E-state index contributed by atoms with van der Waals surface area (Å²) >= 11 is 0. The Hall–Kier alpha value is -1.02. The van der Waals surface area contributed by atoms with Crippen LogP contribution < -0.4 is 10.1 Å². The minimum Gasteiger partial charge on any atom is -0.494 e. The molecular formula is C19H30IN3O2. The first-order valence-corrected chi connectivity index (χ1v) is 9.03. The van der Waals surface area contributed by atoms with Crippen LogP contribution in [-0.4, -0.2) is 57.4 Å². The van der Waals surface area contributed by atoms with Crippen molar-refractivity contribution in [3.63, 3.8) is 0 Å². The van der Waals surface area contributed by atoms with Crippen LogP contribution in [0, 0.1) is 5.41 Å². The summed E-state index contributed by atoms with van der Waals surface area (Å²) in [6, 6.07) is 9.99. The zero-order valence-electron chi connectivity index (χ0n) is 15.1. The minimum atomic E-state index is 0. The molecule has 140 valence electrons. The van der Waals surface area contributed by atoms with Crippen LogP contribution in [0.2, 0.25) is 0 Å². The first-order chi connectivity index (χ1) is 11.8. The lowest BCUT2D eigenvalue weighted by Gasteiger charge is -2.24. The van der Waals surface area contributed by atoms with Crippen LogP contribution in [0.3, 0.4) is 0 Å². The highest BCUT2D eigenvalue weighted by molar-refractivity contribution is 14.0. The van der Waals surface area contributed by atoms with E-state index in [2.05, 4.69) is 15.2 Å². The molecule has 0 aromatic heterocycles. The Bertz CT molecular complexity index is 533. The SMILES string of the molecule is CN=C(NCCCCOc1ccccc1)N1CCC2(CCOC2)C1.I. The van der Waals surface area contributed by atoms with Crippen LogP contribution in [0.5, 0.6) is 5.75 Å². The topological polar surface area (TPSA) is 46.1 Å². The van der Waals surface area contributed by atoms with Crippen molar-refractivity contribution in [2.45, 2.75) is 25.7 Å². The Morgan fingerprint density at radius 3 is 2.84 bits per heavy atom. The van der Waals surface area contributed by atoms with E-state index in [0.717, 1.165) is 64.0 Å². The quantitative estimate of drug-likeness (QED) is 0.307. The molecular weight excluding hydrogens is 429 g/mol. The van der Waals surface area contributed by atoms with E-state index >= 15 is 0 Å². The van der Waals surface area contributed by atoms with Crippen molar-refractivity contribution in [3.8, 4) is 5.75 Å². The molecule has 0 saturated carbocycles. The highest BCUT2D eigenvalue weighted by atomic mass is 127. The number of nitrogens with one attached hydrogen (secondary N) is 1. The highest BCUT2D eigenvalue weighted by Gasteiger charge is 2.42. The van der Waals surface area contributed by atoms with Gasteiger partial charge in [0, 0.05) is 38.7 Å². The average molecular weight is 459 g/mol. The van der Waals surface area contributed by atoms with Crippen molar-refractivity contribution < 1.29 is 9.47 Å². The maximum absolute atomic E-state index is 5.72. The van der Waals surface area contributed by atoms with Crippen molar-refractivity contribution in [2.24, 2.45) is 10.4 Å². The van der Waals surface area contributed by atoms with E-state index in [-0.39, 0.29) is 24.0 Å². The zero-order chi connectivity index (χ0) is 16.7. The molecule has 2 heterocycles. The number of hydrogen-bond acceptors (Lipinski definition) is 3. The Morgan fingerprint density at radius 2 is 2.12 bits per heavy atom. The first kappa shape index (κ1) is 20.3. The standard InChI is InChI=1S/C19H29N3O2.HI/c1-20-18(22-12-9-19(15-22)10-14-23-16-19)21-11-5-6-13-24-17-7-3-2-4-8-17;/h2-4,7-8H,5-6,9-16H2,1H3,(H,20,21);1H. The number of hydrogen-bond donors (Lipinski definition) is 1. The summed E-state index contributed by atoms with van der Waals surface area (Å²) in [4.78, 5) is 6.83. The average Bonchev–Trinajstić information content (AvgIpc) is 3.25. The van der Waals surface area contributed by atoms with Gasteiger partial charge in [-0.1, -0.05) is 18.2 Å². The van der Waals surface area contributed by atoms with Gasteiger partial charge < -0.3 is 19.7 Å². The summed E-state index contributed by atoms with van der Waals surface area (Å²) in [7, 11) is 1.87. The smallest absolute Gasteiger partial charge is 0.193 e. The molecule has 1 aromatic rings. The van der Waals surface area contributed by atoms with E-state index in [1.165, 1.54) is 12.8 Å². The maximum atomic E-state index is 5.72. The fourth-order valence-electron chi connectivity index (χ4n) is 3.55. The number of unbranched alkanes of at least 4 members (excludes halogenated alkanes) is 1. The lowest BCUT2D eigenvalue weighted by Crippen LogP contribution is -2.41. The zero-order valence-corrected chi connectivity index (χ0v) is 17.4. The van der Waals surface area contributed by atoms with Gasteiger partial charge in [0.2, 0.25) is 0 Å². The Morgan fingerprint density at radius 1 is 1.28 bits per heavy atom. The molecule has 6 heteroatoms. The van der Waals surface area contributed by atoms with Gasteiger partial charge in [0.1, 0.15) is 5.75 Å². The molecule has 2 aliphatic rings. The number of rotatable bonds is 6. The van der Waals surface area contributed by atoms with Crippen molar-refractivity contribution >= 4 is 29.9 Å². The predicted octanol–water partition coefficient (Wildman–Crippen LogP) is 3.15. The third-order valence-corrected chi connectivity index (χ3v) is 5.00. The number of aliphatic imine (C=N–C) groups is 1. The third kappa shape index (κ3) is 5.74. The van der Waals surface area contributed by atoms with Gasteiger partial charge in [-0.3, -0.25) is 4.99 Å². The van der Waals surface area contributed by atoms with E-state index in [1.807, 2.05) is 37.4 Å². The Kier molecular flexibility index (Phi) is 8.29. The van der Waals surface area contributed by atoms with Crippen LogP contribution in [-0.2, 0) is 4.74 Å². The highest BCUT2D eigenvalue weighted by Crippen LogP contribution is 2.38. The monoisotopic (exact) mass is 459 g/mol. The number of nitrogens with zero attached hydrogens (tertiary/aromatic N) is 2. The van der Waals surface area contributed by atoms with Gasteiger partial charge in [0.15, 0.2) is 5.96 Å². The van der Waals surface area contributed by atoms with Crippen LogP contribution in [0.15, 0.2) is 35.3 Å². The lowest BCUT2D eigenvalue weighted by atomic mass is 9.87. The molecule has 25 heavy (non-hydrogen) atoms. The number of para-hydroxylation sites is 1. The number of likely N-dealkylation sites (tertiary alicyclic amines) is 1. The summed E-state index contributed by atoms with van der Waals surface area (Å²) in [6.45, 7) is 5.68. The minimum absolute atomic E-state index is 0. The summed E-state index contributed by atoms with van der Waals surface area (Å²) in [5, 5.41) is 3.50. The second-order valence-electron chi connectivity index (χ2n) is 6.82. The van der Waals surface area contributed by atoms with Gasteiger partial charge >= 0.3 is 0 Å². The molecule has 2 fully saturated rings. The van der Waals surface area contributed by atoms with E-state index in [4.69, 9.17) is 9.47 Å². The number of halogens is 1. The summed E-state index contributed by atoms with van der Waals surface area (Å²) in [5.41, 5.74) is 0.376. The second kappa shape index (κ2) is 10.2. The molecule has 0 bridgehead atoms. The molecule has 1 N–H and O–H groups in total. The van der Waals surface area contributed by atoms with Gasteiger partial charge in [-0.05, 0) is 37.8 Å². The molecule has 1 atom stereocenters. The maximum Gasteiger partial charge on any atom is 0.193 e. The molecule has 2 saturated heterocycles. The number of benzene rings is 1. The van der Waals surface area contributed by atoms with Crippen LogP contribution in [0.1, 0.15) is 25.7 Å². The van der Waals surface area contributed by atoms with Crippen molar-refractivity contribution in [3.05, 3.63) is 30.3 Å². The fourth-order valence-corrected chi connectivity index (χ4v) is 3.55. The molecule has 2 aliphatic heterocycles. The van der Waals surface area contributed by atoms with Gasteiger partial charge in [-0.25, -0.2) is 0 Å². The molecule has 1 aromatic carbocycles. The van der Waals surface area contributed by atoms with Gasteiger partial charge in [0.05, 0.1) is 13.2 Å². The summed E-state index contributed by atoms with van der Waals surface area (Å²) in [6.07, 6.45) is 4.53. The molecule has 1 spiro atoms. The van der Waals surface area contributed by atoms with E-state index in [0.29, 0.717) is 5.41 Å². The third-order valence-electron chi connectivity index (χ3n) is 5.00. The molecule has 3 rings (SSSR count). The lowest BCUT2D eigenvalue weighted by molar-refractivity contribution is 0.156. The summed E-state index contributed by atoms with van der Waals surface area (Å²) in [5.74, 6) is 1.98. The number of ether oxygens (including phenoxy) is 2. The number of guanidine groups is 1. The van der Waals surface area contributed by atoms with Gasteiger partial charge in [-0.15, -0.1) is 24.0 Å². The van der Waals surface area contributed by atoms with Crippen molar-refractivity contribution in [2.75, 3.05) is 46.5 Å². The molecule has 5 nitrogen and oxygen atoms in total. The Labute approximate surface area is 168 Å². The molecule has 0 radical (unpaired) electrons. The van der Waals surface area contributed by atoms with Crippen LogP contribution >= 0.6 is 24.0 Å². The van der Waals surface area contributed by atoms with Crippen molar-refractivity contribution in [1.29, 1.82) is 0 Å². The first-order valence-electron chi connectivity index (χ1n) is 9.03. The molecule has 1 unspecified atom stereocenters. The normalized spacial score (nSPS) is 22.9. The predicted molar refractivity (Wildman–Crippen MR) is 112 cm³/mol. The molecule has 0 aliphatic carbocycles. The van der Waals surface area contributed by atoms with Crippen molar-refractivity contribution in [1.82, 2.24) is 10.2 Å². The molecule has 0 amide bonds. The fraction of sp³-hybridized carbons (Fsp3) is 0.632. The van der Waals surface area contributed by atoms with E-state index in [9.17, 15) is 0 Å². The van der Waals surface area contributed by atoms with Gasteiger partial charge in [-0.2, -0.15) is 0 Å². The van der Waals surface area contributed by atoms with Gasteiger partial charge in [0.25, 0.3) is 0 Å². The van der Waals surface area contributed by atoms with E-state index < -0.39 is 0 Å². The van der Waals surface area contributed by atoms with E-state index in [1.54, 1.807) is 0 Å². The second-order valence-corrected chi connectivity index (χ2v) is 6.82.